The third-order valence-corrected chi connectivity index (χ3v) is 1.66. The largest absolute Gasteiger partial charge is 0.303 e. The van der Waals surface area contributed by atoms with Crippen molar-refractivity contribution in [1.82, 2.24) is 0 Å². The van der Waals surface area contributed by atoms with Gasteiger partial charge in [-0.3, -0.25) is 0 Å². The maximum absolute atomic E-state index is 6.67. The molecule has 10 heavy (non-hydrogen) atoms. The highest BCUT2D eigenvalue weighted by Gasteiger charge is 1.87. The van der Waals surface area contributed by atoms with Gasteiger partial charge in [0, 0.05) is 0 Å². The molecule has 0 amide bonds. The minimum absolute atomic E-state index is 0.853. The van der Waals surface area contributed by atoms with E-state index in [1.54, 1.807) is 0 Å². The summed E-state index contributed by atoms with van der Waals surface area (Å²) in [6, 6.07) is 0. The lowest BCUT2D eigenvalue weighted by molar-refractivity contribution is 0.616. The molecule has 0 fully saturated rings. The molecule has 0 spiro atoms. The lowest BCUT2D eigenvalue weighted by Gasteiger charge is -1.96. The van der Waals surface area contributed by atoms with Crippen LogP contribution < -0.4 is 0 Å². The van der Waals surface area contributed by atoms with Gasteiger partial charge >= 0.3 is 0 Å². The summed E-state index contributed by atoms with van der Waals surface area (Å²) in [5.74, 6) is 0. The topological polar surface area (TPSA) is 23.9 Å². The molecule has 0 rings (SSSR count). The van der Waals surface area contributed by atoms with Crippen LogP contribution >= 0.6 is 0 Å². The molecule has 0 aromatic carbocycles. The van der Waals surface area contributed by atoms with Crippen molar-refractivity contribution in [2.45, 2.75) is 51.9 Å². The van der Waals surface area contributed by atoms with E-state index < -0.39 is 0 Å². The summed E-state index contributed by atoms with van der Waals surface area (Å²) >= 11 is 0. The minimum atomic E-state index is 0.853. The smallest absolute Gasteiger partial charge is 0.0521 e. The third-order valence-electron chi connectivity index (χ3n) is 1.66. The van der Waals surface area contributed by atoms with Crippen molar-refractivity contribution in [1.29, 1.82) is 5.41 Å². The van der Waals surface area contributed by atoms with Crippen LogP contribution in [-0.4, -0.2) is 6.21 Å². The Morgan fingerprint density at radius 2 is 1.60 bits per heavy atom. The fraction of sp³-hybridized carbons (Fsp3) is 0.889. The molecular weight excluding hydrogens is 122 g/mol. The predicted octanol–water partition coefficient (Wildman–Crippen LogP) is 3.26. The molecule has 0 aromatic heterocycles. The Morgan fingerprint density at radius 3 is 2.20 bits per heavy atom. The van der Waals surface area contributed by atoms with E-state index in [1.165, 1.54) is 32.1 Å². The maximum Gasteiger partial charge on any atom is 0.0521 e. The van der Waals surface area contributed by atoms with Gasteiger partial charge < -0.3 is 5.41 Å². The molecule has 0 aromatic rings. The SMILES string of the molecule is CCCCCCCC[C]=N. The first kappa shape index (κ1) is 9.67. The summed E-state index contributed by atoms with van der Waals surface area (Å²) < 4.78 is 0. The van der Waals surface area contributed by atoms with E-state index in [2.05, 4.69) is 13.1 Å². The van der Waals surface area contributed by atoms with Crippen LogP contribution in [0.25, 0.3) is 0 Å². The summed E-state index contributed by atoms with van der Waals surface area (Å²) in [5.41, 5.74) is 0. The fourth-order valence-corrected chi connectivity index (χ4v) is 0.994. The number of hydrogen-bond donors (Lipinski definition) is 1. The van der Waals surface area contributed by atoms with Gasteiger partial charge in [-0.15, -0.1) is 0 Å². The molecule has 0 atom stereocenters. The Kier molecular flexibility index (Phi) is 8.38. The minimum Gasteiger partial charge on any atom is -0.303 e. The molecule has 0 unspecified atom stereocenters. The van der Waals surface area contributed by atoms with Crippen LogP contribution in [0.4, 0.5) is 0 Å². The van der Waals surface area contributed by atoms with Gasteiger partial charge in [0.2, 0.25) is 0 Å². The average molecular weight is 140 g/mol. The van der Waals surface area contributed by atoms with Gasteiger partial charge in [-0.05, 0) is 12.8 Å². The van der Waals surface area contributed by atoms with Crippen LogP contribution in [0.2, 0.25) is 0 Å². The number of hydrogen-bond acceptors (Lipinski definition) is 1. The van der Waals surface area contributed by atoms with Gasteiger partial charge in [-0.25, -0.2) is 0 Å². The second kappa shape index (κ2) is 8.67. The van der Waals surface area contributed by atoms with Gasteiger partial charge in [-0.2, -0.15) is 0 Å². The third kappa shape index (κ3) is 7.67. The zero-order valence-electron chi connectivity index (χ0n) is 6.95. The summed E-state index contributed by atoms with van der Waals surface area (Å²) in [6.45, 7) is 2.23. The van der Waals surface area contributed by atoms with Crippen LogP contribution in [0.3, 0.4) is 0 Å². The van der Waals surface area contributed by atoms with Gasteiger partial charge in [0.1, 0.15) is 0 Å². The van der Waals surface area contributed by atoms with Crippen LogP contribution in [0, 0.1) is 5.41 Å². The molecule has 1 nitrogen and oxygen atoms in total. The zero-order chi connectivity index (χ0) is 7.66. The highest BCUT2D eigenvalue weighted by atomic mass is 14.3. The number of nitrogens with one attached hydrogen (secondary N) is 1. The van der Waals surface area contributed by atoms with Crippen LogP contribution in [0.15, 0.2) is 0 Å². The van der Waals surface area contributed by atoms with Crippen molar-refractivity contribution >= 4 is 6.21 Å². The molecule has 0 aliphatic rings. The van der Waals surface area contributed by atoms with E-state index in [-0.39, 0.29) is 0 Å². The predicted molar refractivity (Wildman–Crippen MR) is 45.7 cm³/mol. The average Bonchev–Trinajstić information content (AvgIpc) is 1.97. The van der Waals surface area contributed by atoms with Gasteiger partial charge in [0.05, 0.1) is 6.21 Å². The lowest BCUT2D eigenvalue weighted by Crippen LogP contribution is -1.79. The molecule has 1 N–H and O–H groups in total. The number of rotatable bonds is 7. The lowest BCUT2D eigenvalue weighted by atomic mass is 10.1. The zero-order valence-corrected chi connectivity index (χ0v) is 6.95. The van der Waals surface area contributed by atoms with Crippen molar-refractivity contribution in [2.75, 3.05) is 0 Å². The quantitative estimate of drug-likeness (QED) is 0.414. The van der Waals surface area contributed by atoms with Crippen LogP contribution in [0.1, 0.15) is 51.9 Å². The summed E-state index contributed by atoms with van der Waals surface area (Å²) in [4.78, 5) is 0. The van der Waals surface area contributed by atoms with Gasteiger partial charge in [-0.1, -0.05) is 39.0 Å². The van der Waals surface area contributed by atoms with Crippen LogP contribution in [0.5, 0.6) is 0 Å². The molecule has 1 radical (unpaired) electrons. The molecule has 0 saturated carbocycles. The molecule has 0 aliphatic heterocycles. The highest BCUT2D eigenvalue weighted by Crippen LogP contribution is 2.05. The Labute approximate surface area is 64.3 Å². The van der Waals surface area contributed by atoms with Gasteiger partial charge in [0.15, 0.2) is 0 Å². The first-order valence-electron chi connectivity index (χ1n) is 4.31. The molecule has 59 valence electrons. The van der Waals surface area contributed by atoms with E-state index in [4.69, 9.17) is 5.41 Å². The fourth-order valence-electron chi connectivity index (χ4n) is 0.994. The Balaban J connectivity index is 2.70. The highest BCUT2D eigenvalue weighted by molar-refractivity contribution is 5.52. The molecular formula is C9H18N. The van der Waals surface area contributed by atoms with E-state index in [1.807, 2.05) is 0 Å². The summed E-state index contributed by atoms with van der Waals surface area (Å²) in [5, 5.41) is 6.67. The van der Waals surface area contributed by atoms with E-state index in [9.17, 15) is 0 Å². The first-order valence-corrected chi connectivity index (χ1v) is 4.31. The normalized spacial score (nSPS) is 9.70. The molecule has 1 heteroatoms. The standard InChI is InChI=1S/C9H18N/c1-2-3-4-5-6-7-8-9-10/h10H,2-8H2,1H3. The Bertz CT molecular complexity index is 69.1. The van der Waals surface area contributed by atoms with Crippen LogP contribution in [-0.2, 0) is 0 Å². The van der Waals surface area contributed by atoms with E-state index in [0.717, 1.165) is 12.8 Å². The molecule has 0 saturated heterocycles. The molecule has 0 heterocycles. The number of unbranched alkanes of at least 4 members (excludes halogenated alkanes) is 6. The van der Waals surface area contributed by atoms with Crippen molar-refractivity contribution in [3.8, 4) is 0 Å². The second-order valence-electron chi connectivity index (χ2n) is 2.69. The molecule has 0 aliphatic carbocycles. The summed E-state index contributed by atoms with van der Waals surface area (Å²) in [6.07, 6.45) is 11.1. The van der Waals surface area contributed by atoms with E-state index >= 15 is 0 Å². The van der Waals surface area contributed by atoms with Crippen molar-refractivity contribution in [3.05, 3.63) is 0 Å². The van der Waals surface area contributed by atoms with Gasteiger partial charge in [0.25, 0.3) is 0 Å². The Hall–Kier alpha value is -0.330. The maximum atomic E-state index is 6.67. The Morgan fingerprint density at radius 1 is 1.00 bits per heavy atom. The summed E-state index contributed by atoms with van der Waals surface area (Å²) in [7, 11) is 0. The van der Waals surface area contributed by atoms with E-state index in [0.29, 0.717) is 0 Å². The van der Waals surface area contributed by atoms with Crippen molar-refractivity contribution in [2.24, 2.45) is 0 Å². The monoisotopic (exact) mass is 140 g/mol. The second-order valence-corrected chi connectivity index (χ2v) is 2.69. The molecule has 0 bridgehead atoms. The van der Waals surface area contributed by atoms with Crippen molar-refractivity contribution in [3.63, 3.8) is 0 Å². The van der Waals surface area contributed by atoms with Crippen molar-refractivity contribution < 1.29 is 0 Å². The first-order chi connectivity index (χ1) is 4.91.